The van der Waals surface area contributed by atoms with Crippen molar-refractivity contribution in [3.63, 3.8) is 0 Å². The summed E-state index contributed by atoms with van der Waals surface area (Å²) in [4.78, 5) is 47.5. The van der Waals surface area contributed by atoms with Crippen LogP contribution in [0.15, 0.2) is 0 Å². The van der Waals surface area contributed by atoms with E-state index in [1.807, 2.05) is 0 Å². The van der Waals surface area contributed by atoms with Gasteiger partial charge in [0.2, 0.25) is 11.8 Å². The first-order chi connectivity index (χ1) is 24.8. The van der Waals surface area contributed by atoms with Crippen molar-refractivity contribution in [2.24, 2.45) is 0 Å². The third-order valence-electron chi connectivity index (χ3n) is 9.85. The molecule has 0 bridgehead atoms. The van der Waals surface area contributed by atoms with Crippen LogP contribution in [-0.2, 0) is 23.9 Å². The minimum atomic E-state index is -1.38. The molecule has 0 heterocycles. The van der Waals surface area contributed by atoms with Gasteiger partial charge in [-0.1, -0.05) is 168 Å². The van der Waals surface area contributed by atoms with Gasteiger partial charge in [0.15, 0.2) is 0 Å². The lowest BCUT2D eigenvalue weighted by molar-refractivity contribution is -0.150. The van der Waals surface area contributed by atoms with Crippen LogP contribution >= 0.6 is 0 Å². The average Bonchev–Trinajstić information content (AvgIpc) is 3.11. The molecule has 0 rings (SSSR count). The number of carbonyl (C=O) groups is 4. The van der Waals surface area contributed by atoms with Crippen molar-refractivity contribution in [1.82, 2.24) is 10.6 Å². The highest BCUT2D eigenvalue weighted by molar-refractivity contribution is 5.87. The fraction of sp³-hybridized carbons (Fsp3) is 0.905. The second kappa shape index (κ2) is 37.6. The Labute approximate surface area is 312 Å². The molecule has 9 nitrogen and oxygen atoms in total. The number of ether oxygens (including phenoxy) is 1. The summed E-state index contributed by atoms with van der Waals surface area (Å²) < 4.78 is 6.02. The average molecular weight is 725 g/mol. The van der Waals surface area contributed by atoms with Gasteiger partial charge in [-0.05, 0) is 38.5 Å². The molecule has 0 aliphatic carbocycles. The van der Waals surface area contributed by atoms with Crippen molar-refractivity contribution in [3.8, 4) is 0 Å². The monoisotopic (exact) mass is 725 g/mol. The number of hydrogen-bond acceptors (Lipinski definition) is 6. The molecule has 0 fully saturated rings. The van der Waals surface area contributed by atoms with Crippen LogP contribution in [0.2, 0.25) is 0 Å². The van der Waals surface area contributed by atoms with Crippen LogP contribution in [0.4, 0.5) is 0 Å². The number of carboxylic acids is 1. The molecule has 0 saturated heterocycles. The van der Waals surface area contributed by atoms with Crippen LogP contribution in [0.1, 0.15) is 219 Å². The Morgan fingerprint density at radius 1 is 0.510 bits per heavy atom. The molecule has 0 aromatic carbocycles. The number of aliphatic carboxylic acids is 1. The maximum atomic E-state index is 12.7. The standard InChI is InChI=1S/C42H80N2O7/c1-3-5-7-9-11-13-15-17-19-21-26-30-34-41(48)51-37(31-27-23-20-18-16-14-12-10-8-6-4-2)32-28-24-22-25-29-33-39(46)43-35-40(47)44-38(36-45)42(49)50/h37-38,45H,3-36H2,1-2H3,(H,43,46)(H,44,47)(H,49,50). The summed E-state index contributed by atoms with van der Waals surface area (Å²) >= 11 is 0. The summed E-state index contributed by atoms with van der Waals surface area (Å²) in [7, 11) is 0. The van der Waals surface area contributed by atoms with Crippen LogP contribution in [0.5, 0.6) is 0 Å². The van der Waals surface area contributed by atoms with Gasteiger partial charge in [-0.3, -0.25) is 14.4 Å². The number of carboxylic acid groups (broad SMARTS) is 1. The molecule has 0 aromatic heterocycles. The molecular formula is C42H80N2O7. The summed E-state index contributed by atoms with van der Waals surface area (Å²) in [5.41, 5.74) is 0. The Hall–Kier alpha value is -2.16. The number of aliphatic hydroxyl groups excluding tert-OH is 1. The van der Waals surface area contributed by atoms with Crippen LogP contribution < -0.4 is 10.6 Å². The summed E-state index contributed by atoms with van der Waals surface area (Å²) in [5, 5.41) is 22.5. The summed E-state index contributed by atoms with van der Waals surface area (Å²) in [6.07, 6.45) is 36.9. The topological polar surface area (TPSA) is 142 Å². The number of aliphatic hydroxyl groups is 1. The van der Waals surface area contributed by atoms with Crippen LogP contribution in [0.3, 0.4) is 0 Å². The van der Waals surface area contributed by atoms with E-state index in [0.29, 0.717) is 19.3 Å². The number of nitrogens with one attached hydrogen (secondary N) is 2. The van der Waals surface area contributed by atoms with Gasteiger partial charge in [0.05, 0.1) is 13.2 Å². The molecule has 300 valence electrons. The largest absolute Gasteiger partial charge is 0.480 e. The van der Waals surface area contributed by atoms with Crippen molar-refractivity contribution in [2.75, 3.05) is 13.2 Å². The molecule has 0 saturated carbocycles. The van der Waals surface area contributed by atoms with E-state index in [1.54, 1.807) is 0 Å². The summed E-state index contributed by atoms with van der Waals surface area (Å²) in [5.74, 6) is -2.27. The smallest absolute Gasteiger partial charge is 0.328 e. The highest BCUT2D eigenvalue weighted by atomic mass is 16.5. The van der Waals surface area contributed by atoms with Crippen LogP contribution in [0, 0.1) is 0 Å². The van der Waals surface area contributed by atoms with Crippen molar-refractivity contribution in [1.29, 1.82) is 0 Å². The predicted octanol–water partition coefficient (Wildman–Crippen LogP) is 10.1. The highest BCUT2D eigenvalue weighted by Gasteiger charge is 2.19. The minimum absolute atomic E-state index is 0.00289. The molecule has 0 aliphatic heterocycles. The van der Waals surface area contributed by atoms with Crippen molar-refractivity contribution in [3.05, 3.63) is 0 Å². The number of hydrogen-bond donors (Lipinski definition) is 4. The number of amides is 2. The van der Waals surface area contributed by atoms with Gasteiger partial charge >= 0.3 is 11.9 Å². The van der Waals surface area contributed by atoms with E-state index >= 15 is 0 Å². The molecule has 0 aromatic rings. The second-order valence-electron chi connectivity index (χ2n) is 14.8. The van der Waals surface area contributed by atoms with Gasteiger partial charge in [0.1, 0.15) is 12.1 Å². The van der Waals surface area contributed by atoms with Crippen LogP contribution in [0.25, 0.3) is 0 Å². The Morgan fingerprint density at radius 3 is 1.27 bits per heavy atom. The van der Waals surface area contributed by atoms with Gasteiger partial charge < -0.3 is 25.6 Å². The molecular weight excluding hydrogens is 644 g/mol. The van der Waals surface area contributed by atoms with E-state index in [0.717, 1.165) is 57.8 Å². The third kappa shape index (κ3) is 34.7. The zero-order valence-corrected chi connectivity index (χ0v) is 33.1. The predicted molar refractivity (Wildman–Crippen MR) is 209 cm³/mol. The first kappa shape index (κ1) is 48.8. The quantitative estimate of drug-likeness (QED) is 0.0365. The molecule has 0 spiro atoms. The van der Waals surface area contributed by atoms with E-state index in [2.05, 4.69) is 24.5 Å². The first-order valence-corrected chi connectivity index (χ1v) is 21.4. The molecule has 2 amide bonds. The van der Waals surface area contributed by atoms with E-state index in [-0.39, 0.29) is 24.5 Å². The first-order valence-electron chi connectivity index (χ1n) is 21.4. The van der Waals surface area contributed by atoms with E-state index in [4.69, 9.17) is 14.9 Å². The van der Waals surface area contributed by atoms with E-state index in [9.17, 15) is 19.2 Å². The Balaban J connectivity index is 4.26. The number of esters is 1. The van der Waals surface area contributed by atoms with Gasteiger partial charge in [-0.2, -0.15) is 0 Å². The normalized spacial score (nSPS) is 12.4. The Bertz CT molecular complexity index is 838. The second-order valence-corrected chi connectivity index (χ2v) is 14.8. The molecule has 2 atom stereocenters. The maximum Gasteiger partial charge on any atom is 0.328 e. The molecule has 0 radical (unpaired) electrons. The van der Waals surface area contributed by atoms with Gasteiger partial charge in [0, 0.05) is 12.8 Å². The number of rotatable bonds is 39. The Kier molecular flexibility index (Phi) is 36.0. The lowest BCUT2D eigenvalue weighted by Crippen LogP contribution is -2.47. The third-order valence-corrected chi connectivity index (χ3v) is 9.85. The maximum absolute atomic E-state index is 12.7. The number of carbonyl (C=O) groups excluding carboxylic acids is 3. The molecule has 2 unspecified atom stereocenters. The molecule has 9 heteroatoms. The fourth-order valence-electron chi connectivity index (χ4n) is 6.54. The summed E-state index contributed by atoms with van der Waals surface area (Å²) in [6.45, 7) is 3.49. The number of unbranched alkanes of at least 4 members (excludes halogenated alkanes) is 25. The molecule has 0 aliphatic rings. The van der Waals surface area contributed by atoms with E-state index in [1.165, 1.54) is 128 Å². The van der Waals surface area contributed by atoms with Crippen molar-refractivity contribution >= 4 is 23.8 Å². The Morgan fingerprint density at radius 2 is 0.882 bits per heavy atom. The molecule has 51 heavy (non-hydrogen) atoms. The highest BCUT2D eigenvalue weighted by Crippen LogP contribution is 2.19. The zero-order valence-electron chi connectivity index (χ0n) is 33.1. The van der Waals surface area contributed by atoms with Crippen molar-refractivity contribution < 1.29 is 34.1 Å². The minimum Gasteiger partial charge on any atom is -0.480 e. The lowest BCUT2D eigenvalue weighted by atomic mass is 10.0. The zero-order chi connectivity index (χ0) is 37.6. The van der Waals surface area contributed by atoms with Crippen molar-refractivity contribution in [2.45, 2.75) is 231 Å². The van der Waals surface area contributed by atoms with Crippen LogP contribution in [-0.4, -0.2) is 59.3 Å². The SMILES string of the molecule is CCCCCCCCCCCCCCC(=O)OC(CCCCCCCCCCCCC)CCCCCCCC(=O)NCC(=O)NC(CO)C(=O)O. The summed E-state index contributed by atoms with van der Waals surface area (Å²) in [6, 6.07) is -1.38. The van der Waals surface area contributed by atoms with Gasteiger partial charge in [-0.15, -0.1) is 0 Å². The lowest BCUT2D eigenvalue weighted by Gasteiger charge is -2.18. The van der Waals surface area contributed by atoms with Gasteiger partial charge in [-0.25, -0.2) is 4.79 Å². The molecule has 4 N–H and O–H groups in total. The fourth-order valence-corrected chi connectivity index (χ4v) is 6.54. The van der Waals surface area contributed by atoms with Gasteiger partial charge in [0.25, 0.3) is 0 Å². The van der Waals surface area contributed by atoms with E-state index < -0.39 is 24.5 Å².